The summed E-state index contributed by atoms with van der Waals surface area (Å²) in [7, 11) is 0. The summed E-state index contributed by atoms with van der Waals surface area (Å²) in [6.07, 6.45) is 2.40. The van der Waals surface area contributed by atoms with Crippen molar-refractivity contribution in [2.24, 2.45) is 5.73 Å². The predicted octanol–water partition coefficient (Wildman–Crippen LogP) is 2.21. The third-order valence-electron chi connectivity index (χ3n) is 3.07. The molecule has 90 valence electrons. The number of nitrogens with two attached hydrogens (primary N) is 1. The summed E-state index contributed by atoms with van der Waals surface area (Å²) in [6.45, 7) is 8.42. The van der Waals surface area contributed by atoms with E-state index in [2.05, 4.69) is 43.0 Å². The van der Waals surface area contributed by atoms with Crippen molar-refractivity contribution in [2.45, 2.75) is 26.7 Å². The number of benzene rings is 1. The van der Waals surface area contributed by atoms with Gasteiger partial charge in [0.05, 0.1) is 0 Å². The van der Waals surface area contributed by atoms with Crippen molar-refractivity contribution in [1.82, 2.24) is 4.90 Å². The van der Waals surface area contributed by atoms with Crippen LogP contribution in [0.25, 0.3) is 0 Å². The van der Waals surface area contributed by atoms with Crippen molar-refractivity contribution in [3.63, 3.8) is 0 Å². The fourth-order valence-electron chi connectivity index (χ4n) is 1.99. The average Bonchev–Trinajstić information content (AvgIpc) is 2.30. The highest BCUT2D eigenvalue weighted by Gasteiger charge is 2.01. The number of aryl methyl sites for hydroxylation is 2. The molecule has 1 aromatic rings. The molecule has 0 atom stereocenters. The lowest BCUT2D eigenvalue weighted by Crippen LogP contribution is -2.30. The zero-order valence-corrected chi connectivity index (χ0v) is 10.6. The Morgan fingerprint density at radius 2 is 1.94 bits per heavy atom. The molecule has 1 rings (SSSR count). The normalized spacial score (nSPS) is 11.0. The van der Waals surface area contributed by atoms with E-state index in [1.54, 1.807) is 0 Å². The molecule has 0 bridgehead atoms. The van der Waals surface area contributed by atoms with Crippen molar-refractivity contribution in [3.8, 4) is 0 Å². The van der Waals surface area contributed by atoms with E-state index in [0.29, 0.717) is 0 Å². The first kappa shape index (κ1) is 13.2. The Morgan fingerprint density at radius 3 is 2.56 bits per heavy atom. The minimum atomic E-state index is 0.762. The van der Waals surface area contributed by atoms with E-state index >= 15 is 0 Å². The molecule has 0 unspecified atom stereocenters. The molecule has 0 aliphatic heterocycles. The fourth-order valence-corrected chi connectivity index (χ4v) is 1.99. The second kappa shape index (κ2) is 7.42. The minimum absolute atomic E-state index is 0.762. The Labute approximate surface area is 99.5 Å². The standard InChI is InChI=1S/C14H24N2/c1-3-16(12-10-15)11-6-9-14-8-5-4-7-13(14)2/h4-5,7-8H,3,6,9-12,15H2,1-2H3. The molecule has 1 aromatic carbocycles. The van der Waals surface area contributed by atoms with Gasteiger partial charge < -0.3 is 10.6 Å². The first-order valence-electron chi connectivity index (χ1n) is 6.24. The second-order valence-corrected chi connectivity index (χ2v) is 4.25. The predicted molar refractivity (Wildman–Crippen MR) is 70.7 cm³/mol. The molecule has 0 radical (unpaired) electrons. The number of hydrogen-bond donors (Lipinski definition) is 1. The van der Waals surface area contributed by atoms with Gasteiger partial charge in [-0.1, -0.05) is 31.2 Å². The Bertz CT molecular complexity index is 297. The van der Waals surface area contributed by atoms with Gasteiger partial charge in [0.2, 0.25) is 0 Å². The molecule has 2 nitrogen and oxygen atoms in total. The molecule has 0 saturated carbocycles. The maximum absolute atomic E-state index is 5.57. The maximum Gasteiger partial charge on any atom is 0.0104 e. The zero-order valence-electron chi connectivity index (χ0n) is 10.6. The number of nitrogens with zero attached hydrogens (tertiary/aromatic N) is 1. The van der Waals surface area contributed by atoms with Crippen LogP contribution in [0, 0.1) is 6.92 Å². The fraction of sp³-hybridized carbons (Fsp3) is 0.571. The van der Waals surface area contributed by atoms with Crippen molar-refractivity contribution in [1.29, 1.82) is 0 Å². The van der Waals surface area contributed by atoms with Gasteiger partial charge in [-0.2, -0.15) is 0 Å². The number of rotatable bonds is 7. The van der Waals surface area contributed by atoms with Gasteiger partial charge in [-0.3, -0.25) is 0 Å². The van der Waals surface area contributed by atoms with E-state index in [1.165, 1.54) is 24.0 Å². The summed E-state index contributed by atoms with van der Waals surface area (Å²) in [5, 5.41) is 0. The molecule has 0 aliphatic carbocycles. The van der Waals surface area contributed by atoms with Crippen molar-refractivity contribution in [2.75, 3.05) is 26.2 Å². The number of likely N-dealkylation sites (N-methyl/N-ethyl adjacent to an activating group) is 1. The van der Waals surface area contributed by atoms with Gasteiger partial charge in [-0.25, -0.2) is 0 Å². The topological polar surface area (TPSA) is 29.3 Å². The average molecular weight is 220 g/mol. The highest BCUT2D eigenvalue weighted by molar-refractivity contribution is 5.25. The highest BCUT2D eigenvalue weighted by Crippen LogP contribution is 2.09. The van der Waals surface area contributed by atoms with E-state index in [1.807, 2.05) is 0 Å². The molecule has 0 spiro atoms. The zero-order chi connectivity index (χ0) is 11.8. The molecule has 0 fully saturated rings. The Hall–Kier alpha value is -0.860. The van der Waals surface area contributed by atoms with Gasteiger partial charge in [-0.05, 0) is 44.0 Å². The van der Waals surface area contributed by atoms with Crippen LogP contribution in [0.15, 0.2) is 24.3 Å². The van der Waals surface area contributed by atoms with Crippen LogP contribution in [0.2, 0.25) is 0 Å². The molecular weight excluding hydrogens is 196 g/mol. The molecule has 2 heteroatoms. The quantitative estimate of drug-likeness (QED) is 0.763. The van der Waals surface area contributed by atoms with Crippen LogP contribution in [0.3, 0.4) is 0 Å². The highest BCUT2D eigenvalue weighted by atomic mass is 15.1. The second-order valence-electron chi connectivity index (χ2n) is 4.25. The van der Waals surface area contributed by atoms with Crippen LogP contribution in [-0.4, -0.2) is 31.1 Å². The van der Waals surface area contributed by atoms with Crippen LogP contribution in [-0.2, 0) is 6.42 Å². The Balaban J connectivity index is 2.32. The maximum atomic E-state index is 5.57. The van der Waals surface area contributed by atoms with Crippen LogP contribution >= 0.6 is 0 Å². The van der Waals surface area contributed by atoms with Crippen LogP contribution in [0.1, 0.15) is 24.5 Å². The van der Waals surface area contributed by atoms with Crippen LogP contribution in [0.5, 0.6) is 0 Å². The van der Waals surface area contributed by atoms with Crippen molar-refractivity contribution >= 4 is 0 Å². The van der Waals surface area contributed by atoms with E-state index in [4.69, 9.17) is 5.73 Å². The van der Waals surface area contributed by atoms with Crippen LogP contribution in [0.4, 0.5) is 0 Å². The molecule has 2 N–H and O–H groups in total. The SMILES string of the molecule is CCN(CCN)CCCc1ccccc1C. The van der Waals surface area contributed by atoms with E-state index in [-0.39, 0.29) is 0 Å². The summed E-state index contributed by atoms with van der Waals surface area (Å²) in [5.41, 5.74) is 8.46. The lowest BCUT2D eigenvalue weighted by Gasteiger charge is -2.19. The smallest absolute Gasteiger partial charge is 0.0104 e. The lowest BCUT2D eigenvalue weighted by molar-refractivity contribution is 0.292. The van der Waals surface area contributed by atoms with Gasteiger partial charge in [0, 0.05) is 13.1 Å². The summed E-state index contributed by atoms with van der Waals surface area (Å²) >= 11 is 0. The third kappa shape index (κ3) is 4.33. The first-order valence-corrected chi connectivity index (χ1v) is 6.24. The van der Waals surface area contributed by atoms with Crippen molar-refractivity contribution in [3.05, 3.63) is 35.4 Å². The third-order valence-corrected chi connectivity index (χ3v) is 3.07. The Kier molecular flexibility index (Phi) is 6.12. The molecule has 0 saturated heterocycles. The molecule has 0 aliphatic rings. The van der Waals surface area contributed by atoms with Crippen molar-refractivity contribution < 1.29 is 0 Å². The molecule has 0 aromatic heterocycles. The van der Waals surface area contributed by atoms with E-state index in [9.17, 15) is 0 Å². The monoisotopic (exact) mass is 220 g/mol. The summed E-state index contributed by atoms with van der Waals surface area (Å²) in [5.74, 6) is 0. The summed E-state index contributed by atoms with van der Waals surface area (Å²) in [4.78, 5) is 2.41. The molecule has 16 heavy (non-hydrogen) atoms. The lowest BCUT2D eigenvalue weighted by atomic mass is 10.0. The van der Waals surface area contributed by atoms with E-state index in [0.717, 1.165) is 26.2 Å². The van der Waals surface area contributed by atoms with Gasteiger partial charge >= 0.3 is 0 Å². The summed E-state index contributed by atoms with van der Waals surface area (Å²) in [6, 6.07) is 8.65. The molecular formula is C14H24N2. The van der Waals surface area contributed by atoms with E-state index < -0.39 is 0 Å². The van der Waals surface area contributed by atoms with Gasteiger partial charge in [0.25, 0.3) is 0 Å². The van der Waals surface area contributed by atoms with Crippen LogP contribution < -0.4 is 5.73 Å². The Morgan fingerprint density at radius 1 is 1.19 bits per heavy atom. The van der Waals surface area contributed by atoms with Gasteiger partial charge in [0.1, 0.15) is 0 Å². The summed E-state index contributed by atoms with van der Waals surface area (Å²) < 4.78 is 0. The van der Waals surface area contributed by atoms with Gasteiger partial charge in [-0.15, -0.1) is 0 Å². The molecule has 0 heterocycles. The first-order chi connectivity index (χ1) is 7.77. The van der Waals surface area contributed by atoms with Gasteiger partial charge in [0.15, 0.2) is 0 Å². The minimum Gasteiger partial charge on any atom is -0.329 e. The molecule has 0 amide bonds. The largest absolute Gasteiger partial charge is 0.329 e. The number of hydrogen-bond acceptors (Lipinski definition) is 2.